The van der Waals surface area contributed by atoms with Crippen LogP contribution in [0.2, 0.25) is 0 Å². The predicted octanol–water partition coefficient (Wildman–Crippen LogP) is 3.25. The number of fused-ring (bicyclic) bond motifs is 3. The quantitative estimate of drug-likeness (QED) is 0.544. The van der Waals surface area contributed by atoms with E-state index in [1.165, 1.54) is 11.3 Å². The normalized spacial score (nSPS) is 11.1. The molecule has 3 aromatic heterocycles. The average Bonchev–Trinajstić information content (AvgIpc) is 3.31. The van der Waals surface area contributed by atoms with Crippen LogP contribution in [0.1, 0.15) is 32.5 Å². The molecule has 4 aromatic rings. The summed E-state index contributed by atoms with van der Waals surface area (Å²) in [6.07, 6.45) is 2.84. The summed E-state index contributed by atoms with van der Waals surface area (Å²) in [4.78, 5) is 31.1. The molecular formula is C17H14N4O2S2. The highest BCUT2D eigenvalue weighted by Gasteiger charge is 2.15. The van der Waals surface area contributed by atoms with Crippen molar-refractivity contribution in [3.05, 3.63) is 57.9 Å². The SMILES string of the molecule is CCc1ccc(C(=O)NNC(=O)c2cc3c(nc4sccn43)s2)cc1. The number of thiazole rings is 1. The van der Waals surface area contributed by atoms with Gasteiger partial charge in [0, 0.05) is 17.1 Å². The Morgan fingerprint density at radius 2 is 1.92 bits per heavy atom. The monoisotopic (exact) mass is 370 g/mol. The molecule has 0 bridgehead atoms. The molecule has 2 N–H and O–H groups in total. The maximum absolute atomic E-state index is 12.3. The fraction of sp³-hybridized carbons (Fsp3) is 0.118. The number of aryl methyl sites for hydroxylation is 1. The molecule has 0 fully saturated rings. The molecule has 0 spiro atoms. The van der Waals surface area contributed by atoms with E-state index in [9.17, 15) is 9.59 Å². The van der Waals surface area contributed by atoms with E-state index in [0.717, 1.165) is 27.3 Å². The van der Waals surface area contributed by atoms with Gasteiger partial charge in [-0.05, 0) is 30.2 Å². The molecule has 4 rings (SSSR count). The topological polar surface area (TPSA) is 75.5 Å². The lowest BCUT2D eigenvalue weighted by Crippen LogP contribution is -2.41. The van der Waals surface area contributed by atoms with Crippen molar-refractivity contribution < 1.29 is 9.59 Å². The third-order valence-corrected chi connectivity index (χ3v) is 5.65. The zero-order chi connectivity index (χ0) is 17.4. The van der Waals surface area contributed by atoms with Crippen LogP contribution in [0.4, 0.5) is 0 Å². The Balaban J connectivity index is 1.45. The molecule has 0 aliphatic heterocycles. The van der Waals surface area contributed by atoms with E-state index in [1.54, 1.807) is 29.5 Å². The number of benzene rings is 1. The summed E-state index contributed by atoms with van der Waals surface area (Å²) in [6.45, 7) is 2.05. The second-order valence-corrected chi connectivity index (χ2v) is 7.33. The fourth-order valence-electron chi connectivity index (χ4n) is 2.50. The Kier molecular flexibility index (Phi) is 3.98. The van der Waals surface area contributed by atoms with Gasteiger partial charge in [-0.2, -0.15) is 0 Å². The largest absolute Gasteiger partial charge is 0.289 e. The third-order valence-electron chi connectivity index (χ3n) is 3.88. The van der Waals surface area contributed by atoms with Crippen LogP contribution in [0, 0.1) is 0 Å². The highest BCUT2D eigenvalue weighted by atomic mass is 32.1. The van der Waals surface area contributed by atoms with Gasteiger partial charge in [-0.25, -0.2) is 4.98 Å². The first-order valence-electron chi connectivity index (χ1n) is 7.70. The summed E-state index contributed by atoms with van der Waals surface area (Å²) in [6, 6.07) is 9.07. The molecule has 0 aliphatic carbocycles. The number of nitrogens with one attached hydrogen (secondary N) is 2. The first-order chi connectivity index (χ1) is 12.2. The Labute approximate surface area is 151 Å². The smallest absolute Gasteiger partial charge is 0.279 e. The lowest BCUT2D eigenvalue weighted by Gasteiger charge is -2.06. The first-order valence-corrected chi connectivity index (χ1v) is 9.40. The second-order valence-electron chi connectivity index (χ2n) is 5.43. The standard InChI is InChI=1S/C17H14N4O2S2/c1-2-10-3-5-11(6-4-10)14(22)19-20-15(23)13-9-12-16(25-13)18-17-21(12)7-8-24-17/h3-9H,2H2,1H3,(H,19,22)(H,20,23). The van der Waals surface area contributed by atoms with Crippen LogP contribution in [-0.4, -0.2) is 21.2 Å². The predicted molar refractivity (Wildman–Crippen MR) is 99.2 cm³/mol. The van der Waals surface area contributed by atoms with Gasteiger partial charge in [-0.15, -0.1) is 22.7 Å². The minimum Gasteiger partial charge on any atom is -0.289 e. The van der Waals surface area contributed by atoms with Crippen molar-refractivity contribution in [3.8, 4) is 0 Å². The number of imidazole rings is 1. The van der Waals surface area contributed by atoms with E-state index in [1.807, 2.05) is 28.1 Å². The van der Waals surface area contributed by atoms with Crippen molar-refractivity contribution in [1.29, 1.82) is 0 Å². The molecule has 25 heavy (non-hydrogen) atoms. The van der Waals surface area contributed by atoms with E-state index in [2.05, 4.69) is 22.8 Å². The number of nitrogens with zero attached hydrogens (tertiary/aromatic N) is 2. The number of thiophene rings is 1. The number of hydrogen-bond donors (Lipinski definition) is 2. The van der Waals surface area contributed by atoms with E-state index >= 15 is 0 Å². The molecule has 0 saturated carbocycles. The number of amides is 2. The van der Waals surface area contributed by atoms with Crippen molar-refractivity contribution in [3.63, 3.8) is 0 Å². The van der Waals surface area contributed by atoms with E-state index in [-0.39, 0.29) is 11.8 Å². The Hall–Kier alpha value is -2.71. The van der Waals surface area contributed by atoms with Gasteiger partial charge in [0.2, 0.25) is 0 Å². The Bertz CT molecular complexity index is 1080. The van der Waals surface area contributed by atoms with Crippen LogP contribution >= 0.6 is 22.7 Å². The number of aromatic nitrogens is 2. The minimum atomic E-state index is -0.356. The van der Waals surface area contributed by atoms with Gasteiger partial charge in [0.25, 0.3) is 11.8 Å². The maximum atomic E-state index is 12.3. The van der Waals surface area contributed by atoms with Crippen LogP contribution in [-0.2, 0) is 6.42 Å². The highest BCUT2D eigenvalue weighted by Crippen LogP contribution is 2.28. The van der Waals surface area contributed by atoms with Gasteiger partial charge >= 0.3 is 0 Å². The Morgan fingerprint density at radius 3 is 2.68 bits per heavy atom. The molecule has 2 amide bonds. The molecule has 6 nitrogen and oxygen atoms in total. The molecule has 0 unspecified atom stereocenters. The summed E-state index contributed by atoms with van der Waals surface area (Å²) >= 11 is 2.85. The van der Waals surface area contributed by atoms with Crippen molar-refractivity contribution in [1.82, 2.24) is 20.2 Å². The molecular weight excluding hydrogens is 356 g/mol. The third kappa shape index (κ3) is 2.90. The summed E-state index contributed by atoms with van der Waals surface area (Å²) in [7, 11) is 0. The number of hydrogen-bond acceptors (Lipinski definition) is 5. The molecule has 3 heterocycles. The zero-order valence-electron chi connectivity index (χ0n) is 13.3. The van der Waals surface area contributed by atoms with Gasteiger partial charge in [0.1, 0.15) is 4.83 Å². The summed E-state index contributed by atoms with van der Waals surface area (Å²) in [5, 5.41) is 1.95. The lowest BCUT2D eigenvalue weighted by molar-refractivity contribution is 0.0849. The first kappa shape index (κ1) is 15.8. The summed E-state index contributed by atoms with van der Waals surface area (Å²) in [5.41, 5.74) is 7.45. The van der Waals surface area contributed by atoms with Crippen molar-refractivity contribution in [2.75, 3.05) is 0 Å². The number of carbonyl (C=O) groups is 2. The van der Waals surface area contributed by atoms with Gasteiger partial charge in [0.05, 0.1) is 10.4 Å². The fourth-order valence-corrected chi connectivity index (χ4v) is 4.19. The average molecular weight is 370 g/mol. The molecule has 126 valence electrons. The van der Waals surface area contributed by atoms with E-state index < -0.39 is 0 Å². The van der Waals surface area contributed by atoms with Crippen LogP contribution in [0.25, 0.3) is 15.3 Å². The summed E-state index contributed by atoms with van der Waals surface area (Å²) in [5.74, 6) is -0.704. The van der Waals surface area contributed by atoms with Gasteiger partial charge in [-0.1, -0.05) is 19.1 Å². The molecule has 0 saturated heterocycles. The van der Waals surface area contributed by atoms with E-state index in [0.29, 0.717) is 10.4 Å². The van der Waals surface area contributed by atoms with Crippen molar-refractivity contribution in [2.45, 2.75) is 13.3 Å². The van der Waals surface area contributed by atoms with Gasteiger partial charge in [-0.3, -0.25) is 24.8 Å². The molecule has 0 aliphatic rings. The zero-order valence-corrected chi connectivity index (χ0v) is 14.9. The minimum absolute atomic E-state index is 0.348. The van der Waals surface area contributed by atoms with Gasteiger partial charge in [0.15, 0.2) is 4.96 Å². The Morgan fingerprint density at radius 1 is 1.16 bits per heavy atom. The van der Waals surface area contributed by atoms with Crippen LogP contribution in [0.5, 0.6) is 0 Å². The second kappa shape index (κ2) is 6.30. The van der Waals surface area contributed by atoms with E-state index in [4.69, 9.17) is 0 Å². The molecule has 1 aromatic carbocycles. The van der Waals surface area contributed by atoms with Crippen LogP contribution < -0.4 is 10.9 Å². The maximum Gasteiger partial charge on any atom is 0.279 e. The number of rotatable bonds is 3. The van der Waals surface area contributed by atoms with Gasteiger partial charge < -0.3 is 0 Å². The summed E-state index contributed by atoms with van der Waals surface area (Å²) < 4.78 is 1.95. The van der Waals surface area contributed by atoms with Crippen LogP contribution in [0.3, 0.4) is 0 Å². The van der Waals surface area contributed by atoms with Crippen LogP contribution in [0.15, 0.2) is 41.9 Å². The number of carbonyl (C=O) groups excluding carboxylic acids is 2. The van der Waals surface area contributed by atoms with Crippen molar-refractivity contribution in [2.24, 2.45) is 0 Å². The lowest BCUT2D eigenvalue weighted by atomic mass is 10.1. The molecule has 0 atom stereocenters. The molecule has 0 radical (unpaired) electrons. The molecule has 8 heteroatoms. The highest BCUT2D eigenvalue weighted by molar-refractivity contribution is 7.21. The van der Waals surface area contributed by atoms with Crippen molar-refractivity contribution >= 4 is 49.8 Å². The number of hydrazine groups is 1.